The molecular formula is C18H14F2O4S. The van der Waals surface area contributed by atoms with Crippen molar-refractivity contribution in [3.63, 3.8) is 0 Å². The van der Waals surface area contributed by atoms with Gasteiger partial charge in [0.15, 0.2) is 9.84 Å². The third kappa shape index (κ3) is 3.19. The van der Waals surface area contributed by atoms with E-state index in [1.807, 2.05) is 0 Å². The van der Waals surface area contributed by atoms with Crippen molar-refractivity contribution in [2.45, 2.75) is 17.9 Å². The maximum Gasteiger partial charge on any atom is 0.339 e. The Balaban J connectivity index is 2.19. The molecule has 0 spiro atoms. The van der Waals surface area contributed by atoms with Crippen molar-refractivity contribution in [1.82, 2.24) is 0 Å². The molecule has 2 aromatic rings. The lowest BCUT2D eigenvalue weighted by atomic mass is 9.93. The Morgan fingerprint density at radius 3 is 2.16 bits per heavy atom. The van der Waals surface area contributed by atoms with Gasteiger partial charge in [0, 0.05) is 11.8 Å². The predicted molar refractivity (Wildman–Crippen MR) is 88.3 cm³/mol. The molecular weight excluding hydrogens is 350 g/mol. The Kier molecular flexibility index (Phi) is 4.20. The quantitative estimate of drug-likeness (QED) is 0.785. The van der Waals surface area contributed by atoms with Gasteiger partial charge in [-0.25, -0.2) is 22.0 Å². The summed E-state index contributed by atoms with van der Waals surface area (Å²) in [6.45, 7) is 1.63. The van der Waals surface area contributed by atoms with Gasteiger partial charge in [-0.15, -0.1) is 0 Å². The minimum atomic E-state index is -3.70. The fraction of sp³-hybridized carbons (Fsp3) is 0.167. The van der Waals surface area contributed by atoms with E-state index in [0.29, 0.717) is 16.7 Å². The normalized spacial score (nSPS) is 17.8. The summed E-state index contributed by atoms with van der Waals surface area (Å²) in [5.41, 5.74) is 1.41. The average Bonchev–Trinajstić information content (AvgIpc) is 2.81. The van der Waals surface area contributed by atoms with E-state index in [4.69, 9.17) is 4.74 Å². The van der Waals surface area contributed by atoms with E-state index in [-0.39, 0.29) is 5.57 Å². The summed E-state index contributed by atoms with van der Waals surface area (Å²) in [4.78, 5) is 11.8. The summed E-state index contributed by atoms with van der Waals surface area (Å²) in [6, 6.07) is 8.94. The van der Waals surface area contributed by atoms with Gasteiger partial charge in [-0.05, 0) is 42.3 Å². The number of halogens is 2. The zero-order valence-corrected chi connectivity index (χ0v) is 14.2. The summed E-state index contributed by atoms with van der Waals surface area (Å²) >= 11 is 0. The average molecular weight is 364 g/mol. The molecule has 130 valence electrons. The van der Waals surface area contributed by atoms with Crippen molar-refractivity contribution >= 4 is 27.0 Å². The van der Waals surface area contributed by atoms with Crippen LogP contribution in [0, 0.1) is 11.6 Å². The zero-order chi connectivity index (χ0) is 18.4. The first-order valence-corrected chi connectivity index (χ1v) is 9.28. The van der Waals surface area contributed by atoms with Crippen molar-refractivity contribution in [1.29, 1.82) is 0 Å². The van der Waals surface area contributed by atoms with Gasteiger partial charge in [-0.2, -0.15) is 0 Å². The minimum Gasteiger partial charge on any atom is -0.454 e. The maximum atomic E-state index is 14.2. The molecule has 1 aliphatic rings. The van der Waals surface area contributed by atoms with E-state index in [0.717, 1.165) is 18.4 Å². The number of carbonyl (C=O) groups excluding carboxylic acids is 1. The van der Waals surface area contributed by atoms with Crippen LogP contribution >= 0.6 is 0 Å². The van der Waals surface area contributed by atoms with Crippen LogP contribution in [0.1, 0.15) is 18.1 Å². The standard InChI is InChI=1S/C18H14F2O4S/c1-10-16(12-5-8-15(14(20)9-12)25(2,22)23)17(18(21)24-10)11-3-6-13(19)7-4-11/h3-10H,1-2H3. The summed E-state index contributed by atoms with van der Waals surface area (Å²) in [7, 11) is -3.70. The Labute approximate surface area is 143 Å². The molecule has 7 heteroatoms. The first-order valence-electron chi connectivity index (χ1n) is 7.39. The highest BCUT2D eigenvalue weighted by molar-refractivity contribution is 7.90. The van der Waals surface area contributed by atoms with Crippen LogP contribution in [-0.2, 0) is 19.4 Å². The number of sulfone groups is 1. The maximum absolute atomic E-state index is 14.2. The van der Waals surface area contributed by atoms with Gasteiger partial charge in [0.05, 0.1) is 5.57 Å². The molecule has 0 saturated heterocycles. The molecule has 1 unspecified atom stereocenters. The van der Waals surface area contributed by atoms with Crippen molar-refractivity contribution < 1.29 is 26.7 Å². The molecule has 2 aromatic carbocycles. The van der Waals surface area contributed by atoms with Gasteiger partial charge in [-0.3, -0.25) is 0 Å². The Hall–Kier alpha value is -2.54. The van der Waals surface area contributed by atoms with Gasteiger partial charge in [-0.1, -0.05) is 18.2 Å². The number of cyclic esters (lactones) is 1. The molecule has 1 aliphatic heterocycles. The molecule has 0 amide bonds. The van der Waals surface area contributed by atoms with E-state index < -0.39 is 38.4 Å². The van der Waals surface area contributed by atoms with Crippen LogP contribution < -0.4 is 0 Å². The third-order valence-electron chi connectivity index (χ3n) is 3.94. The molecule has 0 aliphatic carbocycles. The molecule has 0 saturated carbocycles. The Morgan fingerprint density at radius 1 is 1.00 bits per heavy atom. The van der Waals surface area contributed by atoms with Crippen molar-refractivity contribution in [2.24, 2.45) is 0 Å². The molecule has 3 rings (SSSR count). The second-order valence-electron chi connectivity index (χ2n) is 5.76. The van der Waals surface area contributed by atoms with Gasteiger partial charge in [0.2, 0.25) is 0 Å². The van der Waals surface area contributed by atoms with Crippen LogP contribution in [0.3, 0.4) is 0 Å². The molecule has 25 heavy (non-hydrogen) atoms. The van der Waals surface area contributed by atoms with Crippen LogP contribution in [0.5, 0.6) is 0 Å². The number of hydrogen-bond donors (Lipinski definition) is 0. The second-order valence-corrected chi connectivity index (χ2v) is 7.74. The van der Waals surface area contributed by atoms with Gasteiger partial charge in [0.1, 0.15) is 22.6 Å². The largest absolute Gasteiger partial charge is 0.454 e. The number of carbonyl (C=O) groups is 1. The highest BCUT2D eigenvalue weighted by Crippen LogP contribution is 2.37. The third-order valence-corrected chi connectivity index (χ3v) is 5.07. The first kappa shape index (κ1) is 17.3. The summed E-state index contributed by atoms with van der Waals surface area (Å²) in [5.74, 6) is -1.95. The molecule has 0 aromatic heterocycles. The van der Waals surface area contributed by atoms with Gasteiger partial charge < -0.3 is 4.74 Å². The second kappa shape index (κ2) is 6.07. The smallest absolute Gasteiger partial charge is 0.339 e. The van der Waals surface area contributed by atoms with E-state index in [1.165, 1.54) is 30.3 Å². The van der Waals surface area contributed by atoms with Crippen LogP contribution in [-0.4, -0.2) is 26.7 Å². The van der Waals surface area contributed by atoms with E-state index >= 15 is 0 Å². The molecule has 0 bridgehead atoms. The number of rotatable bonds is 3. The monoisotopic (exact) mass is 364 g/mol. The number of hydrogen-bond acceptors (Lipinski definition) is 4. The lowest BCUT2D eigenvalue weighted by molar-refractivity contribution is -0.136. The predicted octanol–water partition coefficient (Wildman–Crippen LogP) is 3.22. The van der Waals surface area contributed by atoms with E-state index in [9.17, 15) is 22.0 Å². The van der Waals surface area contributed by atoms with E-state index in [1.54, 1.807) is 6.92 Å². The molecule has 0 radical (unpaired) electrons. The van der Waals surface area contributed by atoms with Gasteiger partial charge >= 0.3 is 5.97 Å². The topological polar surface area (TPSA) is 60.4 Å². The van der Waals surface area contributed by atoms with Crippen LogP contribution in [0.15, 0.2) is 47.4 Å². The molecule has 0 fully saturated rings. The first-order chi connectivity index (χ1) is 11.7. The van der Waals surface area contributed by atoms with E-state index in [2.05, 4.69) is 0 Å². The van der Waals surface area contributed by atoms with Crippen molar-refractivity contribution in [2.75, 3.05) is 6.26 Å². The van der Waals surface area contributed by atoms with Gasteiger partial charge in [0.25, 0.3) is 0 Å². The molecule has 4 nitrogen and oxygen atoms in total. The lowest BCUT2D eigenvalue weighted by Crippen LogP contribution is -2.06. The fourth-order valence-electron chi connectivity index (χ4n) is 2.83. The Bertz CT molecular complexity index is 992. The number of ether oxygens (including phenoxy) is 1. The summed E-state index contributed by atoms with van der Waals surface area (Å²) < 4.78 is 55.7. The van der Waals surface area contributed by atoms with Crippen LogP contribution in [0.2, 0.25) is 0 Å². The number of benzene rings is 2. The molecule has 0 N–H and O–H groups in total. The Morgan fingerprint density at radius 2 is 1.60 bits per heavy atom. The van der Waals surface area contributed by atoms with Crippen molar-refractivity contribution in [3.05, 3.63) is 65.2 Å². The molecule has 1 atom stereocenters. The number of esters is 1. The van der Waals surface area contributed by atoms with Crippen LogP contribution in [0.4, 0.5) is 8.78 Å². The summed E-state index contributed by atoms with van der Waals surface area (Å²) in [6.07, 6.45) is 0.273. The highest BCUT2D eigenvalue weighted by Gasteiger charge is 2.33. The van der Waals surface area contributed by atoms with Crippen molar-refractivity contribution in [3.8, 4) is 0 Å². The SMILES string of the molecule is CC1OC(=O)C(c2ccc(F)cc2)=C1c1ccc(S(C)(=O)=O)c(F)c1. The lowest BCUT2D eigenvalue weighted by Gasteiger charge is -2.11. The highest BCUT2D eigenvalue weighted by atomic mass is 32.2. The zero-order valence-electron chi connectivity index (χ0n) is 13.4. The minimum absolute atomic E-state index is 0.207. The fourth-order valence-corrected chi connectivity index (χ4v) is 3.56. The summed E-state index contributed by atoms with van der Waals surface area (Å²) in [5, 5.41) is 0. The van der Waals surface area contributed by atoms with Crippen LogP contribution in [0.25, 0.3) is 11.1 Å². The molecule has 1 heterocycles.